The average molecular weight is 411 g/mol. The van der Waals surface area contributed by atoms with Crippen LogP contribution in [0.25, 0.3) is 0 Å². The Labute approximate surface area is 172 Å². The first-order chi connectivity index (χ1) is 14.3. The van der Waals surface area contributed by atoms with Gasteiger partial charge < -0.3 is 15.2 Å². The number of carbonyl (C=O) groups is 2. The fourth-order valence-electron chi connectivity index (χ4n) is 3.03. The Bertz CT molecular complexity index is 1130. The van der Waals surface area contributed by atoms with Gasteiger partial charge in [0.25, 0.3) is 11.5 Å². The van der Waals surface area contributed by atoms with Gasteiger partial charge in [0.15, 0.2) is 0 Å². The molecule has 0 aliphatic rings. The maximum atomic E-state index is 13.0. The van der Waals surface area contributed by atoms with Crippen LogP contribution in [0.1, 0.15) is 34.6 Å². The lowest BCUT2D eigenvalue weighted by Gasteiger charge is -2.15. The number of amides is 2. The van der Waals surface area contributed by atoms with E-state index in [0.717, 1.165) is 15.8 Å². The van der Waals surface area contributed by atoms with Crippen molar-refractivity contribution >= 4 is 17.5 Å². The van der Waals surface area contributed by atoms with Crippen LogP contribution in [0.4, 0.5) is 10.1 Å². The highest BCUT2D eigenvalue weighted by atomic mass is 19.1. The minimum Gasteiger partial charge on any atom is -0.348 e. The molecule has 3 rings (SSSR count). The maximum absolute atomic E-state index is 13.0. The summed E-state index contributed by atoms with van der Waals surface area (Å²) in [6.07, 6.45) is 3.13. The Kier molecular flexibility index (Phi) is 6.10. The molecule has 30 heavy (non-hydrogen) atoms. The van der Waals surface area contributed by atoms with Crippen LogP contribution in [-0.2, 0) is 18.4 Å². The summed E-state index contributed by atoms with van der Waals surface area (Å²) in [4.78, 5) is 37.5. The first-order valence-corrected chi connectivity index (χ1v) is 9.30. The molecule has 8 nitrogen and oxygen atoms in total. The van der Waals surface area contributed by atoms with Gasteiger partial charge in [-0.25, -0.2) is 4.39 Å². The van der Waals surface area contributed by atoms with Crippen LogP contribution in [0.3, 0.4) is 0 Å². The highest BCUT2D eigenvalue weighted by Crippen LogP contribution is 2.15. The fraction of sp³-hybridized carbons (Fsp3) is 0.238. The van der Waals surface area contributed by atoms with E-state index >= 15 is 0 Å². The molecule has 2 heterocycles. The first-order valence-electron chi connectivity index (χ1n) is 9.30. The summed E-state index contributed by atoms with van der Waals surface area (Å²) in [6.45, 7) is 3.50. The molecular weight excluding hydrogens is 389 g/mol. The minimum atomic E-state index is -0.638. The lowest BCUT2D eigenvalue weighted by atomic mass is 10.1. The van der Waals surface area contributed by atoms with E-state index in [2.05, 4.69) is 15.7 Å². The molecule has 0 fully saturated rings. The second-order valence-electron chi connectivity index (χ2n) is 6.91. The van der Waals surface area contributed by atoms with E-state index in [4.69, 9.17) is 0 Å². The zero-order valence-electron chi connectivity index (χ0n) is 16.8. The van der Waals surface area contributed by atoms with Crippen molar-refractivity contribution < 1.29 is 14.0 Å². The van der Waals surface area contributed by atoms with E-state index in [-0.39, 0.29) is 24.1 Å². The van der Waals surface area contributed by atoms with Gasteiger partial charge in [-0.3, -0.25) is 19.1 Å². The van der Waals surface area contributed by atoms with Crippen molar-refractivity contribution in [2.24, 2.45) is 7.05 Å². The van der Waals surface area contributed by atoms with E-state index in [1.807, 2.05) is 20.9 Å². The summed E-state index contributed by atoms with van der Waals surface area (Å²) in [7, 11) is 1.81. The van der Waals surface area contributed by atoms with Crippen molar-refractivity contribution in [1.29, 1.82) is 0 Å². The van der Waals surface area contributed by atoms with E-state index < -0.39 is 17.3 Å². The average Bonchev–Trinajstić information content (AvgIpc) is 3.04. The monoisotopic (exact) mass is 411 g/mol. The highest BCUT2D eigenvalue weighted by molar-refractivity contribution is 6.04. The third-order valence-corrected chi connectivity index (χ3v) is 4.80. The molecule has 0 saturated carbocycles. The number of pyridine rings is 1. The number of rotatable bonds is 6. The van der Waals surface area contributed by atoms with Crippen molar-refractivity contribution in [1.82, 2.24) is 19.7 Å². The van der Waals surface area contributed by atoms with Gasteiger partial charge in [0.2, 0.25) is 5.91 Å². The van der Waals surface area contributed by atoms with E-state index in [9.17, 15) is 18.8 Å². The number of hydrogen-bond donors (Lipinski definition) is 2. The topological polar surface area (TPSA) is 98.0 Å². The smallest absolute Gasteiger partial charge is 0.263 e. The van der Waals surface area contributed by atoms with Crippen LogP contribution < -0.4 is 16.2 Å². The number of hydrogen-bond acceptors (Lipinski definition) is 4. The second-order valence-corrected chi connectivity index (χ2v) is 6.91. The van der Waals surface area contributed by atoms with E-state index in [1.165, 1.54) is 42.6 Å². The van der Waals surface area contributed by atoms with Gasteiger partial charge >= 0.3 is 0 Å². The predicted octanol–water partition coefficient (Wildman–Crippen LogP) is 2.16. The first kappa shape index (κ1) is 21.0. The normalized spacial score (nSPS) is 11.7. The molecule has 9 heteroatoms. The summed E-state index contributed by atoms with van der Waals surface area (Å²) in [5.41, 5.74) is 1.45. The van der Waals surface area contributed by atoms with Gasteiger partial charge in [0.05, 0.1) is 12.2 Å². The molecule has 0 radical (unpaired) electrons. The third kappa shape index (κ3) is 4.62. The Balaban J connectivity index is 1.70. The molecule has 0 aliphatic carbocycles. The number of aryl methyl sites for hydroxylation is 1. The third-order valence-electron chi connectivity index (χ3n) is 4.80. The number of nitrogens with zero attached hydrogens (tertiary/aromatic N) is 3. The molecule has 0 saturated heterocycles. The van der Waals surface area contributed by atoms with Crippen LogP contribution in [0.5, 0.6) is 0 Å². The molecule has 2 aromatic heterocycles. The van der Waals surface area contributed by atoms with Crippen molar-refractivity contribution in [3.8, 4) is 0 Å². The SMILES string of the molecule is Cc1c([C@@H](C)NC(=O)Cn2cccc(C(=O)Nc3ccc(F)cc3)c2=O)cnn1C. The molecule has 1 atom stereocenters. The lowest BCUT2D eigenvalue weighted by molar-refractivity contribution is -0.122. The molecule has 0 unspecified atom stereocenters. The second kappa shape index (κ2) is 8.73. The number of aromatic nitrogens is 3. The molecule has 0 bridgehead atoms. The predicted molar refractivity (Wildman–Crippen MR) is 110 cm³/mol. The fourth-order valence-corrected chi connectivity index (χ4v) is 3.03. The largest absolute Gasteiger partial charge is 0.348 e. The zero-order chi connectivity index (χ0) is 21.8. The van der Waals surface area contributed by atoms with Gasteiger partial charge in [-0.2, -0.15) is 5.10 Å². The van der Waals surface area contributed by atoms with Crippen molar-refractivity contribution in [3.05, 3.63) is 81.8 Å². The van der Waals surface area contributed by atoms with Gasteiger partial charge in [-0.05, 0) is 50.2 Å². The molecule has 156 valence electrons. The van der Waals surface area contributed by atoms with Crippen LogP contribution in [0.15, 0.2) is 53.6 Å². The van der Waals surface area contributed by atoms with Crippen LogP contribution in [0.2, 0.25) is 0 Å². The number of nitrogens with one attached hydrogen (secondary N) is 2. The molecule has 3 aromatic rings. The standard InChI is InChI=1S/C21H22FN5O3/c1-13(18-11-23-26(3)14(18)2)24-19(28)12-27-10-4-5-17(21(27)30)20(29)25-16-8-6-15(22)7-9-16/h4-11,13H,12H2,1-3H3,(H,24,28)(H,25,29)/t13-/m1/s1. The lowest BCUT2D eigenvalue weighted by Crippen LogP contribution is -2.36. The number of benzene rings is 1. The van der Waals surface area contributed by atoms with Crippen LogP contribution in [0, 0.1) is 12.7 Å². The highest BCUT2D eigenvalue weighted by Gasteiger charge is 2.17. The Morgan fingerprint density at radius 2 is 1.90 bits per heavy atom. The van der Waals surface area contributed by atoms with Gasteiger partial charge in [0, 0.05) is 30.2 Å². The summed E-state index contributed by atoms with van der Waals surface area (Å²) in [5.74, 6) is -1.44. The van der Waals surface area contributed by atoms with Crippen molar-refractivity contribution in [3.63, 3.8) is 0 Å². The van der Waals surface area contributed by atoms with Crippen LogP contribution in [-0.4, -0.2) is 26.2 Å². The Hall–Kier alpha value is -3.75. The quantitative estimate of drug-likeness (QED) is 0.649. The molecule has 0 spiro atoms. The summed E-state index contributed by atoms with van der Waals surface area (Å²) >= 11 is 0. The van der Waals surface area contributed by atoms with Crippen LogP contribution >= 0.6 is 0 Å². The van der Waals surface area contributed by atoms with E-state index in [0.29, 0.717) is 5.69 Å². The molecular formula is C21H22FN5O3. The number of carbonyl (C=O) groups excluding carboxylic acids is 2. The van der Waals surface area contributed by atoms with Gasteiger partial charge in [-0.15, -0.1) is 0 Å². The zero-order valence-corrected chi connectivity index (χ0v) is 16.8. The van der Waals surface area contributed by atoms with Crippen molar-refractivity contribution in [2.75, 3.05) is 5.32 Å². The summed E-state index contributed by atoms with van der Waals surface area (Å²) in [5, 5.41) is 9.53. The molecule has 2 N–H and O–H groups in total. The molecule has 1 aromatic carbocycles. The minimum absolute atomic E-state index is 0.120. The van der Waals surface area contributed by atoms with Gasteiger partial charge in [0.1, 0.15) is 17.9 Å². The van der Waals surface area contributed by atoms with Crippen molar-refractivity contribution in [2.45, 2.75) is 26.4 Å². The number of halogens is 1. The van der Waals surface area contributed by atoms with E-state index in [1.54, 1.807) is 10.9 Å². The Morgan fingerprint density at radius 1 is 1.20 bits per heavy atom. The Morgan fingerprint density at radius 3 is 2.53 bits per heavy atom. The van der Waals surface area contributed by atoms with Gasteiger partial charge in [-0.1, -0.05) is 0 Å². The molecule has 0 aliphatic heterocycles. The molecule has 2 amide bonds. The number of anilines is 1. The summed E-state index contributed by atoms with van der Waals surface area (Å²) in [6, 6.07) is 7.79. The summed E-state index contributed by atoms with van der Waals surface area (Å²) < 4.78 is 15.9. The maximum Gasteiger partial charge on any atom is 0.263 e.